The second-order valence-electron chi connectivity index (χ2n) is 7.82. The molecule has 0 saturated heterocycles. The highest BCUT2D eigenvalue weighted by Gasteiger charge is 2.32. The van der Waals surface area contributed by atoms with Crippen LogP contribution in [0.1, 0.15) is 35.4 Å². The van der Waals surface area contributed by atoms with E-state index in [2.05, 4.69) is 18.0 Å². The first-order chi connectivity index (χ1) is 14.5. The average Bonchev–Trinajstić information content (AvgIpc) is 3.21. The molecule has 2 heterocycles. The number of benzene rings is 1. The smallest absolute Gasteiger partial charge is 0.237 e. The molecule has 0 saturated carbocycles. The number of rotatable bonds is 10. The Kier molecular flexibility index (Phi) is 8.08. The number of amides is 1. The summed E-state index contributed by atoms with van der Waals surface area (Å²) in [6, 6.07) is 10.0. The molecule has 1 aromatic carbocycles. The molecule has 1 aromatic heterocycles. The number of aliphatic hydroxyl groups excluding tert-OH is 1. The Balaban J connectivity index is 1.73. The molecule has 0 aliphatic carbocycles. The largest absolute Gasteiger partial charge is 0.491 e. The summed E-state index contributed by atoms with van der Waals surface area (Å²) < 4.78 is 6.11. The molecule has 2 atom stereocenters. The van der Waals surface area contributed by atoms with Crippen LogP contribution in [0.15, 0.2) is 48.4 Å². The number of carbonyl (C=O) groups excluding carboxylic acids is 1. The zero-order chi connectivity index (χ0) is 21.5. The number of thiophene rings is 1. The van der Waals surface area contributed by atoms with E-state index < -0.39 is 6.10 Å². The first kappa shape index (κ1) is 22.5. The predicted octanol–water partition coefficient (Wildman–Crippen LogP) is 3.82. The van der Waals surface area contributed by atoms with E-state index >= 15 is 0 Å². The molecular weight excluding hydrogens is 396 g/mol. The van der Waals surface area contributed by atoms with Gasteiger partial charge in [-0.3, -0.25) is 9.69 Å². The fourth-order valence-corrected chi connectivity index (χ4v) is 4.78. The van der Waals surface area contributed by atoms with E-state index in [1.54, 1.807) is 17.4 Å². The van der Waals surface area contributed by atoms with Gasteiger partial charge in [0, 0.05) is 24.5 Å². The second kappa shape index (κ2) is 10.8. The van der Waals surface area contributed by atoms with Crippen molar-refractivity contribution in [3.8, 4) is 5.75 Å². The number of aryl methyl sites for hydroxylation is 1. The molecule has 0 spiro atoms. The van der Waals surface area contributed by atoms with Crippen LogP contribution >= 0.6 is 11.3 Å². The van der Waals surface area contributed by atoms with E-state index in [1.165, 1.54) is 10.4 Å². The molecule has 1 aliphatic rings. The minimum atomic E-state index is -0.442. The fraction of sp³-hybridized carbons (Fsp3) is 0.458. The van der Waals surface area contributed by atoms with Crippen molar-refractivity contribution < 1.29 is 14.6 Å². The number of ether oxygens (including phenoxy) is 1. The van der Waals surface area contributed by atoms with Crippen LogP contribution in [0.2, 0.25) is 0 Å². The summed E-state index contributed by atoms with van der Waals surface area (Å²) in [5.41, 5.74) is 2.34. The molecule has 5 nitrogen and oxygen atoms in total. The van der Waals surface area contributed by atoms with Gasteiger partial charge >= 0.3 is 0 Å². The first-order valence-corrected chi connectivity index (χ1v) is 11.5. The summed E-state index contributed by atoms with van der Waals surface area (Å²) in [5, 5.41) is 12.1. The van der Waals surface area contributed by atoms with Crippen molar-refractivity contribution in [1.29, 1.82) is 0 Å². The molecule has 162 valence electrons. The van der Waals surface area contributed by atoms with Crippen molar-refractivity contribution in [3.05, 3.63) is 64.4 Å². The van der Waals surface area contributed by atoms with E-state index in [-0.39, 0.29) is 18.5 Å². The molecule has 0 bridgehead atoms. The van der Waals surface area contributed by atoms with Crippen LogP contribution in [0.25, 0.3) is 0 Å². The standard InChI is InChI=1S/C24H32N2O3S/c1-4-11-25(15-19(27)5-2)16-24(28)26-12-9-23-21(10-13-30-23)22(26)17-29-20-8-6-7-18(3)14-20/h4,6-8,10,13-14,19,22,27H,1,5,9,11-12,15-17H2,2-3H3/t19-,22+/m1/s1. The Morgan fingerprint density at radius 3 is 3.03 bits per heavy atom. The summed E-state index contributed by atoms with van der Waals surface area (Å²) in [4.78, 5) is 18.5. The maximum Gasteiger partial charge on any atom is 0.237 e. The molecule has 1 aliphatic heterocycles. The quantitative estimate of drug-likeness (QED) is 0.585. The number of hydrogen-bond donors (Lipinski definition) is 1. The molecular formula is C24H32N2O3S. The molecule has 1 N–H and O–H groups in total. The van der Waals surface area contributed by atoms with Crippen molar-refractivity contribution in [1.82, 2.24) is 9.80 Å². The molecule has 0 unspecified atom stereocenters. The predicted molar refractivity (Wildman–Crippen MR) is 122 cm³/mol. The molecule has 0 fully saturated rings. The lowest BCUT2D eigenvalue weighted by Crippen LogP contribution is -2.47. The van der Waals surface area contributed by atoms with Crippen LogP contribution in [0.5, 0.6) is 5.75 Å². The Bertz CT molecular complexity index is 850. The van der Waals surface area contributed by atoms with E-state index in [4.69, 9.17) is 4.74 Å². The SMILES string of the molecule is C=CCN(CC(=O)N1CCc2sccc2[C@@H]1COc1cccc(C)c1)C[C@H](O)CC. The average molecular weight is 429 g/mol. The van der Waals surface area contributed by atoms with Crippen LogP contribution in [-0.4, -0.2) is 59.7 Å². The number of aliphatic hydroxyl groups is 1. The van der Waals surface area contributed by atoms with Crippen molar-refractivity contribution in [2.45, 2.75) is 38.8 Å². The minimum Gasteiger partial charge on any atom is -0.491 e. The molecule has 0 radical (unpaired) electrons. The minimum absolute atomic E-state index is 0.0647. The van der Waals surface area contributed by atoms with Gasteiger partial charge in [0.2, 0.25) is 5.91 Å². The number of hydrogen-bond acceptors (Lipinski definition) is 5. The van der Waals surface area contributed by atoms with Crippen molar-refractivity contribution in [2.75, 3.05) is 32.8 Å². The van der Waals surface area contributed by atoms with E-state index in [9.17, 15) is 9.90 Å². The molecule has 3 rings (SSSR count). The number of fused-ring (bicyclic) bond motifs is 1. The van der Waals surface area contributed by atoms with Gasteiger partial charge in [-0.15, -0.1) is 17.9 Å². The zero-order valence-corrected chi connectivity index (χ0v) is 18.7. The van der Waals surface area contributed by atoms with Gasteiger partial charge < -0.3 is 14.7 Å². The van der Waals surface area contributed by atoms with E-state index in [0.717, 1.165) is 17.7 Å². The van der Waals surface area contributed by atoms with Crippen molar-refractivity contribution in [2.24, 2.45) is 0 Å². The normalized spacial score (nSPS) is 16.9. The van der Waals surface area contributed by atoms with Gasteiger partial charge in [0.05, 0.1) is 18.7 Å². The summed E-state index contributed by atoms with van der Waals surface area (Å²) in [6.07, 6.45) is 2.87. The van der Waals surface area contributed by atoms with Gasteiger partial charge in [-0.2, -0.15) is 0 Å². The highest BCUT2D eigenvalue weighted by molar-refractivity contribution is 7.10. The number of carbonyl (C=O) groups is 1. The maximum absolute atomic E-state index is 13.3. The third-order valence-electron chi connectivity index (χ3n) is 5.50. The van der Waals surface area contributed by atoms with Gasteiger partial charge in [0.25, 0.3) is 0 Å². The summed E-state index contributed by atoms with van der Waals surface area (Å²) in [5.74, 6) is 0.888. The Labute approximate surface area is 183 Å². The highest BCUT2D eigenvalue weighted by Crippen LogP contribution is 2.34. The van der Waals surface area contributed by atoms with Crippen LogP contribution in [0.3, 0.4) is 0 Å². The third-order valence-corrected chi connectivity index (χ3v) is 6.50. The third kappa shape index (κ3) is 5.72. The summed E-state index contributed by atoms with van der Waals surface area (Å²) >= 11 is 1.75. The Morgan fingerprint density at radius 2 is 2.30 bits per heavy atom. The first-order valence-electron chi connectivity index (χ1n) is 10.6. The summed E-state index contributed by atoms with van der Waals surface area (Å²) in [7, 11) is 0. The molecule has 1 amide bonds. The number of nitrogens with zero attached hydrogens (tertiary/aromatic N) is 2. The monoisotopic (exact) mass is 428 g/mol. The molecule has 6 heteroatoms. The zero-order valence-electron chi connectivity index (χ0n) is 17.9. The van der Waals surface area contributed by atoms with E-state index in [1.807, 2.05) is 47.9 Å². The van der Waals surface area contributed by atoms with Gasteiger partial charge in [0.15, 0.2) is 0 Å². The van der Waals surface area contributed by atoms with Gasteiger partial charge in [-0.1, -0.05) is 25.1 Å². The van der Waals surface area contributed by atoms with E-state index in [0.29, 0.717) is 32.7 Å². The fourth-order valence-electron chi connectivity index (χ4n) is 3.85. The van der Waals surface area contributed by atoms with Crippen LogP contribution in [-0.2, 0) is 11.2 Å². The van der Waals surface area contributed by atoms with Crippen molar-refractivity contribution in [3.63, 3.8) is 0 Å². The second-order valence-corrected chi connectivity index (χ2v) is 8.83. The lowest BCUT2D eigenvalue weighted by molar-refractivity contribution is -0.136. The van der Waals surface area contributed by atoms with Gasteiger partial charge in [-0.05, 0) is 54.5 Å². The lowest BCUT2D eigenvalue weighted by atomic mass is 10.0. The topological polar surface area (TPSA) is 53.0 Å². The van der Waals surface area contributed by atoms with Crippen molar-refractivity contribution >= 4 is 17.2 Å². The summed E-state index contributed by atoms with van der Waals surface area (Å²) in [6.45, 7) is 10.2. The maximum atomic E-state index is 13.3. The Morgan fingerprint density at radius 1 is 1.47 bits per heavy atom. The Hall–Kier alpha value is -2.15. The van der Waals surface area contributed by atoms with Crippen LogP contribution in [0.4, 0.5) is 0 Å². The van der Waals surface area contributed by atoms with Gasteiger partial charge in [-0.25, -0.2) is 0 Å². The molecule has 2 aromatic rings. The van der Waals surface area contributed by atoms with Crippen LogP contribution < -0.4 is 4.74 Å². The molecule has 30 heavy (non-hydrogen) atoms. The highest BCUT2D eigenvalue weighted by atomic mass is 32.1. The van der Waals surface area contributed by atoms with Gasteiger partial charge in [0.1, 0.15) is 12.4 Å². The van der Waals surface area contributed by atoms with Crippen LogP contribution in [0, 0.1) is 6.92 Å². The lowest BCUT2D eigenvalue weighted by Gasteiger charge is -2.37.